The Morgan fingerprint density at radius 1 is 0.909 bits per heavy atom. The molecule has 160 valence electrons. The second-order valence-corrected chi connectivity index (χ2v) is 8.65. The number of hydrogen-bond donors (Lipinski definition) is 1. The fourth-order valence-electron chi connectivity index (χ4n) is 5.44. The number of terminal acetylenes is 1. The molecule has 0 aromatic heterocycles. The summed E-state index contributed by atoms with van der Waals surface area (Å²) in [6.45, 7) is 0.180. The van der Waals surface area contributed by atoms with E-state index in [1.807, 2.05) is 24.3 Å². The zero-order valence-electron chi connectivity index (χ0n) is 18.2. The molecule has 3 heteroatoms. The summed E-state index contributed by atoms with van der Waals surface area (Å²) in [7, 11) is 0. The van der Waals surface area contributed by atoms with Gasteiger partial charge in [0, 0.05) is 28.8 Å². The van der Waals surface area contributed by atoms with Crippen molar-refractivity contribution in [3.63, 3.8) is 0 Å². The lowest BCUT2D eigenvalue weighted by Crippen LogP contribution is -2.28. The van der Waals surface area contributed by atoms with Gasteiger partial charge in [0.1, 0.15) is 12.4 Å². The standard InChI is InChI=1S/C30H23NO2/c1-2-18-33-26-17-15-20-9-4-6-11-22(20)29(26)30-28-23(12-7-13-25(28)32)27-21-10-5-3-8-19(21)14-16-24(27)31-30/h1,3-6,8-11,14-17,30-31H,7,12-13,18H2/t30-/m0/s1. The molecule has 0 bridgehead atoms. The van der Waals surface area contributed by atoms with Crippen LogP contribution < -0.4 is 10.1 Å². The van der Waals surface area contributed by atoms with Crippen LogP contribution in [0.5, 0.6) is 5.75 Å². The summed E-state index contributed by atoms with van der Waals surface area (Å²) in [6, 6.07) is 24.7. The lowest BCUT2D eigenvalue weighted by atomic mass is 9.76. The zero-order valence-corrected chi connectivity index (χ0v) is 18.2. The van der Waals surface area contributed by atoms with E-state index < -0.39 is 0 Å². The molecule has 33 heavy (non-hydrogen) atoms. The number of ketones is 1. The van der Waals surface area contributed by atoms with E-state index in [9.17, 15) is 4.79 Å². The highest BCUT2D eigenvalue weighted by molar-refractivity contribution is 6.13. The monoisotopic (exact) mass is 429 g/mol. The molecule has 1 aliphatic heterocycles. The quantitative estimate of drug-likeness (QED) is 0.369. The van der Waals surface area contributed by atoms with Crippen molar-refractivity contribution in [2.45, 2.75) is 25.3 Å². The van der Waals surface area contributed by atoms with Gasteiger partial charge >= 0.3 is 0 Å². The first kappa shape index (κ1) is 19.6. The molecule has 0 radical (unpaired) electrons. The third kappa shape index (κ3) is 3.10. The summed E-state index contributed by atoms with van der Waals surface area (Å²) < 4.78 is 6.01. The van der Waals surface area contributed by atoms with Gasteiger partial charge in [0.05, 0.1) is 6.04 Å². The van der Waals surface area contributed by atoms with Crippen LogP contribution in [-0.4, -0.2) is 12.4 Å². The van der Waals surface area contributed by atoms with Gasteiger partial charge in [0.2, 0.25) is 0 Å². The summed E-state index contributed by atoms with van der Waals surface area (Å²) in [5.41, 5.74) is 5.23. The molecule has 2 aliphatic rings. The minimum Gasteiger partial charge on any atom is -0.481 e. The van der Waals surface area contributed by atoms with Crippen molar-refractivity contribution in [1.29, 1.82) is 0 Å². The van der Waals surface area contributed by atoms with Crippen LogP contribution in [0.15, 0.2) is 78.4 Å². The van der Waals surface area contributed by atoms with Gasteiger partial charge < -0.3 is 10.1 Å². The normalized spacial score (nSPS) is 17.3. The van der Waals surface area contributed by atoms with Gasteiger partial charge in [-0.2, -0.15) is 0 Å². The highest BCUT2D eigenvalue weighted by Gasteiger charge is 2.37. The first-order valence-electron chi connectivity index (χ1n) is 11.4. The minimum absolute atomic E-state index is 0.180. The van der Waals surface area contributed by atoms with Gasteiger partial charge in [-0.25, -0.2) is 0 Å². The Balaban J connectivity index is 1.65. The number of nitrogens with one attached hydrogen (secondary N) is 1. The molecule has 1 aliphatic carbocycles. The summed E-state index contributed by atoms with van der Waals surface area (Å²) in [6.07, 6.45) is 7.85. The van der Waals surface area contributed by atoms with Gasteiger partial charge in [0.25, 0.3) is 0 Å². The van der Waals surface area contributed by atoms with Crippen LogP contribution in [0.25, 0.3) is 27.1 Å². The average molecular weight is 430 g/mol. The van der Waals surface area contributed by atoms with E-state index in [1.165, 1.54) is 16.3 Å². The van der Waals surface area contributed by atoms with Gasteiger partial charge in [-0.15, -0.1) is 6.42 Å². The van der Waals surface area contributed by atoms with Crippen molar-refractivity contribution in [2.24, 2.45) is 0 Å². The number of Topliss-reactive ketones (excluding diaryl/α,β-unsaturated/α-hetero) is 1. The maximum absolute atomic E-state index is 13.4. The molecule has 0 amide bonds. The molecule has 0 fully saturated rings. The minimum atomic E-state index is -0.291. The lowest BCUT2D eigenvalue weighted by molar-refractivity contribution is -0.116. The molecule has 1 N–H and O–H groups in total. The van der Waals surface area contributed by atoms with E-state index in [-0.39, 0.29) is 18.4 Å². The van der Waals surface area contributed by atoms with Crippen LogP contribution in [0, 0.1) is 12.3 Å². The van der Waals surface area contributed by atoms with E-state index in [2.05, 4.69) is 59.8 Å². The molecular weight excluding hydrogens is 406 g/mol. The average Bonchev–Trinajstić information content (AvgIpc) is 2.86. The van der Waals surface area contributed by atoms with E-state index in [0.717, 1.165) is 51.8 Å². The third-order valence-corrected chi connectivity index (χ3v) is 6.81. The summed E-state index contributed by atoms with van der Waals surface area (Å²) in [5, 5.41) is 8.28. The largest absolute Gasteiger partial charge is 0.481 e. The highest BCUT2D eigenvalue weighted by atomic mass is 16.5. The maximum atomic E-state index is 13.4. The molecule has 0 unspecified atom stereocenters. The van der Waals surface area contributed by atoms with E-state index in [0.29, 0.717) is 6.42 Å². The van der Waals surface area contributed by atoms with Crippen LogP contribution in [0.4, 0.5) is 5.69 Å². The number of carbonyl (C=O) groups excluding carboxylic acids is 1. The molecule has 0 saturated heterocycles. The van der Waals surface area contributed by atoms with Crippen molar-refractivity contribution < 1.29 is 9.53 Å². The predicted molar refractivity (Wildman–Crippen MR) is 134 cm³/mol. The van der Waals surface area contributed by atoms with Crippen LogP contribution in [0.1, 0.15) is 36.4 Å². The Labute approximate surface area is 193 Å². The number of fused-ring (bicyclic) bond motifs is 5. The molecule has 6 rings (SSSR count). The molecule has 3 nitrogen and oxygen atoms in total. The molecule has 4 aromatic carbocycles. The number of hydrogen-bond acceptors (Lipinski definition) is 3. The van der Waals surface area contributed by atoms with Crippen molar-refractivity contribution >= 4 is 38.6 Å². The zero-order chi connectivity index (χ0) is 22.4. The Morgan fingerprint density at radius 3 is 2.45 bits per heavy atom. The second-order valence-electron chi connectivity index (χ2n) is 8.65. The number of ether oxygens (including phenoxy) is 1. The predicted octanol–water partition coefficient (Wildman–Crippen LogP) is 6.68. The van der Waals surface area contributed by atoms with E-state index in [4.69, 9.17) is 11.2 Å². The molecule has 1 atom stereocenters. The Hall–Kier alpha value is -4.03. The number of benzene rings is 4. The number of rotatable bonds is 3. The first-order valence-corrected chi connectivity index (χ1v) is 11.4. The third-order valence-electron chi connectivity index (χ3n) is 6.81. The van der Waals surface area contributed by atoms with Crippen LogP contribution in [0.2, 0.25) is 0 Å². The van der Waals surface area contributed by atoms with Crippen LogP contribution in [0.3, 0.4) is 0 Å². The highest BCUT2D eigenvalue weighted by Crippen LogP contribution is 2.50. The summed E-state index contributed by atoms with van der Waals surface area (Å²) in [4.78, 5) is 13.4. The lowest BCUT2D eigenvalue weighted by Gasteiger charge is -2.36. The SMILES string of the molecule is C#CCOc1ccc2ccccc2c1[C@H]1Nc2ccc3ccccc3c2C2=C1C(=O)CCC2. The Bertz CT molecular complexity index is 1510. The molecule has 0 spiro atoms. The summed E-state index contributed by atoms with van der Waals surface area (Å²) >= 11 is 0. The Morgan fingerprint density at radius 2 is 1.64 bits per heavy atom. The molecular formula is C30H23NO2. The van der Waals surface area contributed by atoms with E-state index >= 15 is 0 Å². The molecule has 0 saturated carbocycles. The second kappa shape index (κ2) is 7.83. The smallest absolute Gasteiger partial charge is 0.161 e. The first-order chi connectivity index (χ1) is 16.3. The van der Waals surface area contributed by atoms with Crippen LogP contribution in [-0.2, 0) is 4.79 Å². The topological polar surface area (TPSA) is 38.3 Å². The van der Waals surface area contributed by atoms with Crippen molar-refractivity contribution in [3.05, 3.63) is 89.5 Å². The number of anilines is 1. The van der Waals surface area contributed by atoms with Crippen molar-refractivity contribution in [2.75, 3.05) is 11.9 Å². The van der Waals surface area contributed by atoms with Crippen molar-refractivity contribution in [1.82, 2.24) is 0 Å². The fourth-order valence-corrected chi connectivity index (χ4v) is 5.44. The van der Waals surface area contributed by atoms with E-state index in [1.54, 1.807) is 0 Å². The van der Waals surface area contributed by atoms with Gasteiger partial charge in [-0.3, -0.25) is 4.79 Å². The fraction of sp³-hybridized carbons (Fsp3) is 0.167. The molecule has 4 aromatic rings. The maximum Gasteiger partial charge on any atom is 0.161 e. The van der Waals surface area contributed by atoms with Gasteiger partial charge in [-0.05, 0) is 52.1 Å². The van der Waals surface area contributed by atoms with Gasteiger partial charge in [-0.1, -0.05) is 66.6 Å². The van der Waals surface area contributed by atoms with Gasteiger partial charge in [0.15, 0.2) is 5.78 Å². The number of allylic oxidation sites excluding steroid dienone is 1. The number of carbonyl (C=O) groups is 1. The Kier molecular flexibility index (Phi) is 4.66. The van der Waals surface area contributed by atoms with Crippen molar-refractivity contribution in [3.8, 4) is 18.1 Å². The summed E-state index contributed by atoms with van der Waals surface area (Å²) in [5.74, 6) is 3.51. The van der Waals surface area contributed by atoms with Crippen LogP contribution >= 0.6 is 0 Å². The molecule has 1 heterocycles.